The topological polar surface area (TPSA) is 21.3 Å². The van der Waals surface area contributed by atoms with Gasteiger partial charge in [0.15, 0.2) is 5.75 Å². The molecule has 1 aliphatic rings. The van der Waals surface area contributed by atoms with Crippen LogP contribution in [0.3, 0.4) is 0 Å². The zero-order valence-corrected chi connectivity index (χ0v) is 11.4. The van der Waals surface area contributed by atoms with E-state index in [1.54, 1.807) is 12.1 Å². The first kappa shape index (κ1) is 13.2. The standard InChI is InChI=1S/C15H12ClF2NO/c1-8-14(9-3-2-4-10(17)5-9)20-15-12(16)6-11(18)7-13(15)19-8/h2-8,14,19H,1H3. The molecular weight excluding hydrogens is 284 g/mol. The largest absolute Gasteiger partial charge is 0.480 e. The van der Waals surface area contributed by atoms with Gasteiger partial charge in [0.25, 0.3) is 0 Å². The number of anilines is 1. The Hall–Kier alpha value is -1.81. The van der Waals surface area contributed by atoms with Crippen molar-refractivity contribution in [1.82, 2.24) is 0 Å². The van der Waals surface area contributed by atoms with E-state index in [2.05, 4.69) is 5.32 Å². The zero-order valence-electron chi connectivity index (χ0n) is 10.7. The molecule has 0 aliphatic carbocycles. The molecular formula is C15H12ClF2NO. The van der Waals surface area contributed by atoms with E-state index in [1.807, 2.05) is 6.92 Å². The molecule has 0 amide bonds. The Morgan fingerprint density at radius 3 is 2.70 bits per heavy atom. The van der Waals surface area contributed by atoms with Crippen molar-refractivity contribution in [2.24, 2.45) is 0 Å². The molecule has 0 saturated heterocycles. The minimum atomic E-state index is -0.429. The molecule has 1 heterocycles. The molecule has 0 bridgehead atoms. The van der Waals surface area contributed by atoms with Crippen LogP contribution in [0.4, 0.5) is 14.5 Å². The molecule has 0 spiro atoms. The highest BCUT2D eigenvalue weighted by Crippen LogP contribution is 2.42. The van der Waals surface area contributed by atoms with Gasteiger partial charge in [-0.1, -0.05) is 23.7 Å². The van der Waals surface area contributed by atoms with E-state index in [-0.39, 0.29) is 23.0 Å². The van der Waals surface area contributed by atoms with E-state index < -0.39 is 5.82 Å². The van der Waals surface area contributed by atoms with Crippen LogP contribution in [-0.4, -0.2) is 6.04 Å². The van der Waals surface area contributed by atoms with Crippen molar-refractivity contribution in [1.29, 1.82) is 0 Å². The minimum absolute atomic E-state index is 0.137. The predicted octanol–water partition coefficient (Wildman–Crippen LogP) is 4.55. The van der Waals surface area contributed by atoms with Crippen LogP contribution in [-0.2, 0) is 0 Å². The van der Waals surface area contributed by atoms with Gasteiger partial charge in [0.2, 0.25) is 0 Å². The maximum atomic E-state index is 13.3. The van der Waals surface area contributed by atoms with Crippen LogP contribution in [0.2, 0.25) is 5.02 Å². The lowest BCUT2D eigenvalue weighted by Gasteiger charge is -2.33. The molecule has 2 atom stereocenters. The van der Waals surface area contributed by atoms with Gasteiger partial charge in [-0.3, -0.25) is 0 Å². The zero-order chi connectivity index (χ0) is 14.3. The smallest absolute Gasteiger partial charge is 0.162 e. The summed E-state index contributed by atoms with van der Waals surface area (Å²) in [4.78, 5) is 0. The summed E-state index contributed by atoms with van der Waals surface area (Å²) in [6, 6.07) is 8.60. The first-order valence-corrected chi connectivity index (χ1v) is 6.60. The maximum absolute atomic E-state index is 13.3. The van der Waals surface area contributed by atoms with E-state index in [9.17, 15) is 8.78 Å². The summed E-state index contributed by atoms with van der Waals surface area (Å²) in [6.45, 7) is 1.89. The van der Waals surface area contributed by atoms with Gasteiger partial charge in [-0.2, -0.15) is 0 Å². The fourth-order valence-electron chi connectivity index (χ4n) is 2.38. The van der Waals surface area contributed by atoms with E-state index in [0.29, 0.717) is 17.0 Å². The lowest BCUT2D eigenvalue weighted by atomic mass is 10.0. The Labute approximate surface area is 120 Å². The van der Waals surface area contributed by atoms with E-state index in [4.69, 9.17) is 16.3 Å². The average molecular weight is 296 g/mol. The van der Waals surface area contributed by atoms with Crippen molar-refractivity contribution in [3.8, 4) is 5.75 Å². The molecule has 1 N–H and O–H groups in total. The van der Waals surface area contributed by atoms with Crippen LogP contribution in [0.25, 0.3) is 0 Å². The number of nitrogens with one attached hydrogen (secondary N) is 1. The molecule has 5 heteroatoms. The predicted molar refractivity (Wildman–Crippen MR) is 74.3 cm³/mol. The average Bonchev–Trinajstić information content (AvgIpc) is 2.37. The monoisotopic (exact) mass is 295 g/mol. The Balaban J connectivity index is 2.00. The second-order valence-electron chi connectivity index (χ2n) is 4.79. The summed E-state index contributed by atoms with van der Waals surface area (Å²) in [5, 5.41) is 3.33. The van der Waals surface area contributed by atoms with Crippen molar-refractivity contribution >= 4 is 17.3 Å². The molecule has 0 saturated carbocycles. The fraction of sp³-hybridized carbons (Fsp3) is 0.200. The van der Waals surface area contributed by atoms with Crippen molar-refractivity contribution in [2.75, 3.05) is 5.32 Å². The summed E-state index contributed by atoms with van der Waals surface area (Å²) < 4.78 is 32.5. The molecule has 0 aromatic heterocycles. The SMILES string of the molecule is CC1Nc2cc(F)cc(Cl)c2OC1c1cccc(F)c1. The molecule has 104 valence electrons. The van der Waals surface area contributed by atoms with Gasteiger partial charge >= 0.3 is 0 Å². The lowest BCUT2D eigenvalue weighted by Crippen LogP contribution is -2.32. The van der Waals surface area contributed by atoms with Gasteiger partial charge in [0, 0.05) is 6.07 Å². The molecule has 20 heavy (non-hydrogen) atoms. The van der Waals surface area contributed by atoms with Crippen LogP contribution >= 0.6 is 11.6 Å². The van der Waals surface area contributed by atoms with Gasteiger partial charge in [-0.05, 0) is 30.7 Å². The number of ether oxygens (including phenoxy) is 1. The van der Waals surface area contributed by atoms with Crippen LogP contribution in [0, 0.1) is 11.6 Å². The Morgan fingerprint density at radius 2 is 1.95 bits per heavy atom. The summed E-state index contributed by atoms with van der Waals surface area (Å²) in [5.74, 6) is -0.365. The third-order valence-electron chi connectivity index (χ3n) is 3.27. The normalized spacial score (nSPS) is 20.8. The number of benzene rings is 2. The van der Waals surface area contributed by atoms with Gasteiger partial charge in [0.1, 0.15) is 17.7 Å². The molecule has 2 aromatic carbocycles. The number of hydrogen-bond acceptors (Lipinski definition) is 2. The Bertz CT molecular complexity index is 662. The second kappa shape index (κ2) is 4.94. The first-order valence-electron chi connectivity index (χ1n) is 6.22. The molecule has 0 fully saturated rings. The molecule has 1 aliphatic heterocycles. The number of halogens is 3. The summed E-state index contributed by atoms with van der Waals surface area (Å²) in [5.41, 5.74) is 1.21. The third kappa shape index (κ3) is 2.31. The Morgan fingerprint density at radius 1 is 1.15 bits per heavy atom. The van der Waals surface area contributed by atoms with Crippen LogP contribution in [0.1, 0.15) is 18.6 Å². The molecule has 0 radical (unpaired) electrons. The lowest BCUT2D eigenvalue weighted by molar-refractivity contribution is 0.177. The highest BCUT2D eigenvalue weighted by atomic mass is 35.5. The molecule has 3 rings (SSSR count). The van der Waals surface area contributed by atoms with Crippen molar-refractivity contribution in [2.45, 2.75) is 19.1 Å². The van der Waals surface area contributed by atoms with Gasteiger partial charge in [-0.25, -0.2) is 8.78 Å². The highest BCUT2D eigenvalue weighted by Gasteiger charge is 2.29. The van der Waals surface area contributed by atoms with E-state index >= 15 is 0 Å². The van der Waals surface area contributed by atoms with Crippen LogP contribution in [0.5, 0.6) is 5.75 Å². The Kier molecular flexibility index (Phi) is 3.26. The van der Waals surface area contributed by atoms with Gasteiger partial charge in [0.05, 0.1) is 16.8 Å². The third-order valence-corrected chi connectivity index (χ3v) is 3.55. The van der Waals surface area contributed by atoms with Crippen molar-refractivity contribution < 1.29 is 13.5 Å². The van der Waals surface area contributed by atoms with Crippen molar-refractivity contribution in [3.05, 3.63) is 58.6 Å². The highest BCUT2D eigenvalue weighted by molar-refractivity contribution is 6.32. The van der Waals surface area contributed by atoms with E-state index in [0.717, 1.165) is 0 Å². The maximum Gasteiger partial charge on any atom is 0.162 e. The quantitative estimate of drug-likeness (QED) is 0.833. The van der Waals surface area contributed by atoms with Gasteiger partial charge in [-0.15, -0.1) is 0 Å². The van der Waals surface area contributed by atoms with Gasteiger partial charge < -0.3 is 10.1 Å². The number of rotatable bonds is 1. The van der Waals surface area contributed by atoms with Crippen molar-refractivity contribution in [3.63, 3.8) is 0 Å². The second-order valence-corrected chi connectivity index (χ2v) is 5.20. The molecule has 2 aromatic rings. The molecule has 2 nitrogen and oxygen atoms in total. The van der Waals surface area contributed by atoms with E-state index in [1.165, 1.54) is 24.3 Å². The minimum Gasteiger partial charge on any atom is -0.480 e. The summed E-state index contributed by atoms with van der Waals surface area (Å²) in [6.07, 6.45) is -0.388. The fourth-order valence-corrected chi connectivity index (χ4v) is 2.63. The summed E-state index contributed by atoms with van der Waals surface area (Å²) >= 11 is 6.00. The van der Waals surface area contributed by atoms with Crippen LogP contribution in [0.15, 0.2) is 36.4 Å². The molecule has 2 unspecified atom stereocenters. The summed E-state index contributed by atoms with van der Waals surface area (Å²) in [7, 11) is 0. The number of fused-ring (bicyclic) bond motifs is 1. The van der Waals surface area contributed by atoms with Crippen LogP contribution < -0.4 is 10.1 Å². The first-order chi connectivity index (χ1) is 9.54. The number of hydrogen-bond donors (Lipinski definition) is 1.